The molecule has 2 aromatic carbocycles. The summed E-state index contributed by atoms with van der Waals surface area (Å²) in [6.45, 7) is 6.96. The second-order valence-corrected chi connectivity index (χ2v) is 7.42. The molecule has 0 saturated carbocycles. The molecule has 0 nitrogen and oxygen atoms in total. The molecule has 2 aromatic rings. The van der Waals surface area contributed by atoms with E-state index in [2.05, 4.69) is 87.5 Å². The fourth-order valence-corrected chi connectivity index (χ4v) is 3.47. The van der Waals surface area contributed by atoms with Gasteiger partial charge in [0.05, 0.1) is 0 Å². The number of allylic oxidation sites excluding steroid dienone is 2. The summed E-state index contributed by atoms with van der Waals surface area (Å²) in [5, 5.41) is 0. The third-order valence-electron chi connectivity index (χ3n) is 5.15. The number of hydrogen-bond donors (Lipinski definition) is 0. The first-order chi connectivity index (χ1) is 12.2. The average molecular weight is 335 g/mol. The Kier molecular flexibility index (Phi) is 8.52. The highest BCUT2D eigenvalue weighted by atomic mass is 14.2. The SMILES string of the molecule is CCC=CCCC(CCCc1ccc(-c2ccccc2)cc1)C(C)C. The van der Waals surface area contributed by atoms with Crippen LogP contribution in [0.5, 0.6) is 0 Å². The third kappa shape index (κ3) is 6.90. The van der Waals surface area contributed by atoms with Crippen LogP contribution in [0.25, 0.3) is 11.1 Å². The minimum atomic E-state index is 0.787. The molecule has 2 rings (SSSR count). The zero-order valence-electron chi connectivity index (χ0n) is 16.2. The van der Waals surface area contributed by atoms with Crippen LogP contribution < -0.4 is 0 Å². The molecule has 0 fully saturated rings. The molecule has 0 radical (unpaired) electrons. The maximum atomic E-state index is 2.38. The van der Waals surface area contributed by atoms with Gasteiger partial charge in [-0.2, -0.15) is 0 Å². The van der Waals surface area contributed by atoms with Crippen molar-refractivity contribution >= 4 is 0 Å². The normalized spacial score (nSPS) is 12.8. The summed E-state index contributed by atoms with van der Waals surface area (Å²) in [6, 6.07) is 19.8. The molecular weight excluding hydrogens is 300 g/mol. The molecule has 0 bridgehead atoms. The van der Waals surface area contributed by atoms with Gasteiger partial charge < -0.3 is 0 Å². The zero-order valence-corrected chi connectivity index (χ0v) is 16.2. The first-order valence-corrected chi connectivity index (χ1v) is 10.00. The van der Waals surface area contributed by atoms with Crippen molar-refractivity contribution < 1.29 is 0 Å². The summed E-state index contributed by atoms with van der Waals surface area (Å²) in [5.74, 6) is 1.64. The van der Waals surface area contributed by atoms with Crippen molar-refractivity contribution in [2.75, 3.05) is 0 Å². The van der Waals surface area contributed by atoms with E-state index in [4.69, 9.17) is 0 Å². The lowest BCUT2D eigenvalue weighted by molar-refractivity contribution is 0.331. The summed E-state index contributed by atoms with van der Waals surface area (Å²) in [5.41, 5.74) is 4.08. The first-order valence-electron chi connectivity index (χ1n) is 10.00. The Morgan fingerprint density at radius 1 is 0.800 bits per heavy atom. The van der Waals surface area contributed by atoms with Gasteiger partial charge in [0.2, 0.25) is 0 Å². The van der Waals surface area contributed by atoms with Crippen LogP contribution in [0.1, 0.15) is 58.4 Å². The van der Waals surface area contributed by atoms with E-state index in [0.717, 1.165) is 18.3 Å². The van der Waals surface area contributed by atoms with Gasteiger partial charge in [-0.3, -0.25) is 0 Å². The average Bonchev–Trinajstić information content (AvgIpc) is 2.64. The summed E-state index contributed by atoms with van der Waals surface area (Å²) >= 11 is 0. The number of aryl methyl sites for hydroxylation is 1. The molecule has 0 heteroatoms. The Morgan fingerprint density at radius 2 is 1.48 bits per heavy atom. The van der Waals surface area contributed by atoms with Crippen molar-refractivity contribution in [2.24, 2.45) is 11.8 Å². The van der Waals surface area contributed by atoms with Gasteiger partial charge in [-0.05, 0) is 67.1 Å². The fourth-order valence-electron chi connectivity index (χ4n) is 3.47. The minimum Gasteiger partial charge on any atom is -0.0888 e. The Balaban J connectivity index is 1.80. The van der Waals surface area contributed by atoms with E-state index >= 15 is 0 Å². The van der Waals surface area contributed by atoms with Crippen molar-refractivity contribution in [1.29, 1.82) is 0 Å². The van der Waals surface area contributed by atoms with E-state index in [0.29, 0.717) is 0 Å². The van der Waals surface area contributed by atoms with E-state index in [-0.39, 0.29) is 0 Å². The third-order valence-corrected chi connectivity index (χ3v) is 5.15. The predicted molar refractivity (Wildman–Crippen MR) is 112 cm³/mol. The fraction of sp³-hybridized carbons (Fsp3) is 0.440. The molecule has 0 N–H and O–H groups in total. The lowest BCUT2D eigenvalue weighted by Crippen LogP contribution is -2.09. The topological polar surface area (TPSA) is 0 Å². The standard InChI is InChI=1S/C25H34/c1-4-5-6-8-13-23(21(2)3)16-11-12-22-17-19-25(20-18-22)24-14-9-7-10-15-24/h5-7,9-10,14-15,17-21,23H,4,8,11-13,16H2,1-3H3. The Labute approximate surface area is 155 Å². The van der Waals surface area contributed by atoms with Crippen molar-refractivity contribution in [3.05, 3.63) is 72.3 Å². The quantitative estimate of drug-likeness (QED) is 0.390. The summed E-state index contributed by atoms with van der Waals surface area (Å²) in [4.78, 5) is 0. The van der Waals surface area contributed by atoms with Crippen LogP contribution in [0.3, 0.4) is 0 Å². The van der Waals surface area contributed by atoms with Gasteiger partial charge in [-0.15, -0.1) is 0 Å². The second kappa shape index (κ2) is 10.9. The van der Waals surface area contributed by atoms with Crippen molar-refractivity contribution in [3.63, 3.8) is 0 Å². The predicted octanol–water partition coefficient (Wildman–Crippen LogP) is 7.69. The maximum Gasteiger partial charge on any atom is -0.0184 e. The minimum absolute atomic E-state index is 0.787. The van der Waals surface area contributed by atoms with Crippen LogP contribution in [0.15, 0.2) is 66.7 Å². The lowest BCUT2D eigenvalue weighted by Gasteiger charge is -2.20. The van der Waals surface area contributed by atoms with Gasteiger partial charge in [-0.1, -0.05) is 87.5 Å². The van der Waals surface area contributed by atoms with Crippen molar-refractivity contribution in [1.82, 2.24) is 0 Å². The smallest absolute Gasteiger partial charge is 0.0184 e. The molecule has 25 heavy (non-hydrogen) atoms. The summed E-state index contributed by atoms with van der Waals surface area (Å²) in [7, 11) is 0. The van der Waals surface area contributed by atoms with Crippen LogP contribution >= 0.6 is 0 Å². The van der Waals surface area contributed by atoms with Gasteiger partial charge in [0.15, 0.2) is 0 Å². The molecule has 0 amide bonds. The number of rotatable bonds is 10. The molecule has 1 atom stereocenters. The monoisotopic (exact) mass is 334 g/mol. The van der Waals surface area contributed by atoms with Crippen LogP contribution in [0.4, 0.5) is 0 Å². The highest BCUT2D eigenvalue weighted by molar-refractivity contribution is 5.63. The molecule has 0 heterocycles. The highest BCUT2D eigenvalue weighted by Crippen LogP contribution is 2.25. The molecular formula is C25H34. The maximum absolute atomic E-state index is 2.38. The number of benzene rings is 2. The molecule has 0 aliphatic heterocycles. The lowest BCUT2D eigenvalue weighted by atomic mass is 9.86. The highest BCUT2D eigenvalue weighted by Gasteiger charge is 2.12. The molecule has 0 spiro atoms. The molecule has 1 unspecified atom stereocenters. The largest absolute Gasteiger partial charge is 0.0888 e. The van der Waals surface area contributed by atoms with Gasteiger partial charge >= 0.3 is 0 Å². The van der Waals surface area contributed by atoms with Crippen LogP contribution in [0.2, 0.25) is 0 Å². The number of hydrogen-bond acceptors (Lipinski definition) is 0. The van der Waals surface area contributed by atoms with E-state index in [1.165, 1.54) is 48.8 Å². The molecule has 0 saturated heterocycles. The zero-order chi connectivity index (χ0) is 17.9. The molecule has 134 valence electrons. The van der Waals surface area contributed by atoms with Crippen molar-refractivity contribution in [3.8, 4) is 11.1 Å². The first kappa shape index (κ1) is 19.5. The molecule has 0 aliphatic carbocycles. The summed E-state index contributed by atoms with van der Waals surface area (Å²) in [6.07, 6.45) is 12.2. The van der Waals surface area contributed by atoms with E-state index < -0.39 is 0 Å². The van der Waals surface area contributed by atoms with Gasteiger partial charge in [0.25, 0.3) is 0 Å². The second-order valence-electron chi connectivity index (χ2n) is 7.42. The van der Waals surface area contributed by atoms with Gasteiger partial charge in [0.1, 0.15) is 0 Å². The van der Waals surface area contributed by atoms with E-state index in [9.17, 15) is 0 Å². The Morgan fingerprint density at radius 3 is 2.12 bits per heavy atom. The summed E-state index contributed by atoms with van der Waals surface area (Å²) < 4.78 is 0. The Hall–Kier alpha value is -1.82. The van der Waals surface area contributed by atoms with Crippen LogP contribution in [0, 0.1) is 11.8 Å². The van der Waals surface area contributed by atoms with Crippen LogP contribution in [-0.2, 0) is 6.42 Å². The van der Waals surface area contributed by atoms with E-state index in [1.54, 1.807) is 0 Å². The van der Waals surface area contributed by atoms with E-state index in [1.807, 2.05) is 0 Å². The van der Waals surface area contributed by atoms with Crippen molar-refractivity contribution in [2.45, 2.75) is 59.3 Å². The molecule has 0 aromatic heterocycles. The van der Waals surface area contributed by atoms with Crippen LogP contribution in [-0.4, -0.2) is 0 Å². The van der Waals surface area contributed by atoms with Gasteiger partial charge in [-0.25, -0.2) is 0 Å². The van der Waals surface area contributed by atoms with Gasteiger partial charge in [0, 0.05) is 0 Å². The molecule has 0 aliphatic rings. The Bertz CT molecular complexity index is 604.